The molecule has 2 heterocycles. The van der Waals surface area contributed by atoms with Gasteiger partial charge in [0.25, 0.3) is 11.8 Å². The highest BCUT2D eigenvalue weighted by Crippen LogP contribution is 2.46. The summed E-state index contributed by atoms with van der Waals surface area (Å²) in [4.78, 5) is 40.0. The molecule has 1 N–H and O–H groups in total. The number of fused-ring (bicyclic) bond motifs is 1. The number of carboxylic acid groups (broad SMARTS) is 1. The van der Waals surface area contributed by atoms with E-state index in [2.05, 4.69) is 0 Å². The van der Waals surface area contributed by atoms with Gasteiger partial charge in [-0.15, -0.1) is 0 Å². The van der Waals surface area contributed by atoms with Gasteiger partial charge in [-0.1, -0.05) is 65.9 Å². The maximum Gasteiger partial charge on any atom is 0.323 e. The van der Waals surface area contributed by atoms with E-state index in [1.165, 1.54) is 4.90 Å². The van der Waals surface area contributed by atoms with Gasteiger partial charge in [0, 0.05) is 5.56 Å². The molecule has 1 fully saturated rings. The van der Waals surface area contributed by atoms with Gasteiger partial charge in [0.2, 0.25) is 0 Å². The Morgan fingerprint density at radius 1 is 1.04 bits per heavy atom. The van der Waals surface area contributed by atoms with Crippen molar-refractivity contribution in [3.05, 3.63) is 64.0 Å². The van der Waals surface area contributed by atoms with Gasteiger partial charge in [0.05, 0.1) is 26.9 Å². The van der Waals surface area contributed by atoms with Crippen molar-refractivity contribution in [2.24, 2.45) is 0 Å². The van der Waals surface area contributed by atoms with E-state index in [0.29, 0.717) is 22.0 Å². The molecule has 2 aliphatic rings. The topological polar surface area (TPSA) is 77.9 Å². The molecular formula is C19H11ClN2O4S2. The number of thiocarbonyl (C=S) groups is 1. The summed E-state index contributed by atoms with van der Waals surface area (Å²) in [6.07, 6.45) is 0. The van der Waals surface area contributed by atoms with Gasteiger partial charge in [-0.05, 0) is 18.2 Å². The van der Waals surface area contributed by atoms with Crippen LogP contribution in [0, 0.1) is 0 Å². The van der Waals surface area contributed by atoms with E-state index in [9.17, 15) is 14.4 Å². The SMILES string of the molecule is O=C(O)CN1C(=O)/C(=C2\SC(=S)N(c3ccccc3Cl)C2=O)c2ccccc21. The first-order valence-electron chi connectivity index (χ1n) is 8.08. The first-order chi connectivity index (χ1) is 13.4. The highest BCUT2D eigenvalue weighted by molar-refractivity contribution is 8.27. The summed E-state index contributed by atoms with van der Waals surface area (Å²) in [5.41, 5.74) is 1.55. The second-order valence-electron chi connectivity index (χ2n) is 5.97. The van der Waals surface area contributed by atoms with Crippen LogP contribution in [0.4, 0.5) is 11.4 Å². The molecular weight excluding hydrogens is 420 g/mol. The molecule has 0 atom stereocenters. The zero-order valence-electron chi connectivity index (χ0n) is 14.1. The Labute approximate surface area is 174 Å². The number of hydrogen-bond acceptors (Lipinski definition) is 5. The lowest BCUT2D eigenvalue weighted by Gasteiger charge is -2.16. The van der Waals surface area contributed by atoms with E-state index in [4.69, 9.17) is 28.9 Å². The van der Waals surface area contributed by atoms with Gasteiger partial charge in [0.1, 0.15) is 6.54 Å². The summed E-state index contributed by atoms with van der Waals surface area (Å²) >= 11 is 12.6. The van der Waals surface area contributed by atoms with Crippen LogP contribution in [0.3, 0.4) is 0 Å². The first-order valence-corrected chi connectivity index (χ1v) is 9.68. The van der Waals surface area contributed by atoms with Gasteiger partial charge in [-0.2, -0.15) is 0 Å². The smallest absolute Gasteiger partial charge is 0.323 e. The summed E-state index contributed by atoms with van der Waals surface area (Å²) in [5, 5.41) is 9.52. The van der Waals surface area contributed by atoms with Gasteiger partial charge in [-0.3, -0.25) is 24.2 Å². The monoisotopic (exact) mass is 430 g/mol. The number of rotatable bonds is 3. The third-order valence-electron chi connectivity index (χ3n) is 4.31. The largest absolute Gasteiger partial charge is 0.480 e. The maximum absolute atomic E-state index is 13.2. The number of halogens is 1. The summed E-state index contributed by atoms with van der Waals surface area (Å²) in [5.74, 6) is -2.14. The average Bonchev–Trinajstić information content (AvgIpc) is 3.09. The molecule has 28 heavy (non-hydrogen) atoms. The van der Waals surface area contributed by atoms with Crippen LogP contribution in [0.25, 0.3) is 5.57 Å². The number of hydrogen-bond donors (Lipinski definition) is 1. The highest BCUT2D eigenvalue weighted by Gasteiger charge is 2.43. The number of nitrogens with zero attached hydrogens (tertiary/aromatic N) is 2. The van der Waals surface area contributed by atoms with Gasteiger partial charge >= 0.3 is 5.97 Å². The lowest BCUT2D eigenvalue weighted by Crippen LogP contribution is -2.32. The number of benzene rings is 2. The number of carboxylic acids is 1. The minimum atomic E-state index is -1.15. The van der Waals surface area contributed by atoms with Crippen molar-refractivity contribution in [2.45, 2.75) is 0 Å². The molecule has 4 rings (SSSR count). The van der Waals surface area contributed by atoms with Crippen molar-refractivity contribution in [2.75, 3.05) is 16.3 Å². The summed E-state index contributed by atoms with van der Waals surface area (Å²) in [6, 6.07) is 13.6. The predicted octanol–water partition coefficient (Wildman–Crippen LogP) is 3.55. The highest BCUT2D eigenvalue weighted by atomic mass is 35.5. The van der Waals surface area contributed by atoms with Crippen LogP contribution < -0.4 is 9.80 Å². The van der Waals surface area contributed by atoms with Gasteiger partial charge < -0.3 is 5.11 Å². The Morgan fingerprint density at radius 2 is 1.68 bits per heavy atom. The molecule has 0 radical (unpaired) electrons. The number of anilines is 2. The second-order valence-corrected chi connectivity index (χ2v) is 8.02. The minimum Gasteiger partial charge on any atom is -0.480 e. The van der Waals surface area contributed by atoms with Crippen LogP contribution in [-0.2, 0) is 14.4 Å². The minimum absolute atomic E-state index is 0.156. The van der Waals surface area contributed by atoms with Crippen LogP contribution in [0.5, 0.6) is 0 Å². The molecule has 2 aromatic carbocycles. The first kappa shape index (κ1) is 18.7. The third kappa shape index (κ3) is 2.90. The second kappa shape index (κ2) is 7.05. The van der Waals surface area contributed by atoms with Crippen LogP contribution in [-0.4, -0.2) is 33.8 Å². The van der Waals surface area contributed by atoms with Crippen LogP contribution in [0.1, 0.15) is 5.56 Å². The zero-order chi connectivity index (χ0) is 20.0. The van der Waals surface area contributed by atoms with Crippen molar-refractivity contribution >= 4 is 74.6 Å². The molecule has 2 aromatic rings. The molecule has 0 spiro atoms. The maximum atomic E-state index is 13.2. The fraction of sp³-hybridized carbons (Fsp3) is 0.0526. The Kier molecular flexibility index (Phi) is 4.70. The lowest BCUT2D eigenvalue weighted by molar-refractivity contribution is -0.136. The van der Waals surface area contributed by atoms with Gasteiger partial charge in [-0.25, -0.2) is 0 Å². The normalized spacial score (nSPS) is 18.8. The average molecular weight is 431 g/mol. The lowest BCUT2D eigenvalue weighted by atomic mass is 10.1. The molecule has 2 aliphatic heterocycles. The number of amides is 2. The standard InChI is InChI=1S/C19H11ClN2O4S2/c20-11-6-2-4-8-13(11)22-18(26)16(28-19(22)27)15-10-5-1-3-7-12(10)21(17(15)25)9-14(23)24/h1-8H,9H2,(H,23,24)/b16-15-. The molecule has 0 unspecified atom stereocenters. The fourth-order valence-corrected chi connectivity index (χ4v) is 4.73. The van der Waals surface area contributed by atoms with Crippen LogP contribution in [0.15, 0.2) is 53.4 Å². The van der Waals surface area contributed by atoms with Gasteiger partial charge in [0.15, 0.2) is 4.32 Å². The number of aliphatic carboxylic acids is 1. The van der Waals surface area contributed by atoms with Crippen molar-refractivity contribution in [1.29, 1.82) is 0 Å². The number of thioether (sulfide) groups is 1. The summed E-state index contributed by atoms with van der Waals surface area (Å²) < 4.78 is 0.252. The van der Waals surface area contributed by atoms with Crippen molar-refractivity contribution in [1.82, 2.24) is 0 Å². The Hall–Kier alpha value is -2.68. The third-order valence-corrected chi connectivity index (χ3v) is 6.00. The van der Waals surface area contributed by atoms with E-state index in [1.807, 2.05) is 0 Å². The summed E-state index contributed by atoms with van der Waals surface area (Å²) in [6.45, 7) is -0.496. The molecule has 0 saturated carbocycles. The molecule has 0 aromatic heterocycles. The Balaban J connectivity index is 1.85. The van der Waals surface area contributed by atoms with E-state index in [-0.39, 0.29) is 14.8 Å². The van der Waals surface area contributed by atoms with Crippen molar-refractivity contribution in [3.8, 4) is 0 Å². The van der Waals surface area contributed by atoms with Crippen molar-refractivity contribution in [3.63, 3.8) is 0 Å². The molecule has 1 saturated heterocycles. The molecule has 0 aliphatic carbocycles. The van der Waals surface area contributed by atoms with E-state index < -0.39 is 24.3 Å². The van der Waals surface area contributed by atoms with E-state index in [0.717, 1.165) is 16.7 Å². The van der Waals surface area contributed by atoms with E-state index >= 15 is 0 Å². The molecule has 140 valence electrons. The fourth-order valence-electron chi connectivity index (χ4n) is 3.15. The van der Waals surface area contributed by atoms with Crippen molar-refractivity contribution < 1.29 is 19.5 Å². The molecule has 0 bridgehead atoms. The zero-order valence-corrected chi connectivity index (χ0v) is 16.5. The number of carbonyl (C=O) groups excluding carboxylic acids is 2. The van der Waals surface area contributed by atoms with Crippen LogP contribution >= 0.6 is 35.6 Å². The Morgan fingerprint density at radius 3 is 2.36 bits per heavy atom. The predicted molar refractivity (Wildman–Crippen MR) is 112 cm³/mol. The van der Waals surface area contributed by atoms with Crippen LogP contribution in [0.2, 0.25) is 5.02 Å². The summed E-state index contributed by atoms with van der Waals surface area (Å²) in [7, 11) is 0. The number of carbonyl (C=O) groups is 3. The molecule has 9 heteroatoms. The number of para-hydroxylation sites is 2. The molecule has 6 nitrogen and oxygen atoms in total. The molecule has 2 amide bonds. The quantitative estimate of drug-likeness (QED) is 0.592. The van der Waals surface area contributed by atoms with E-state index in [1.54, 1.807) is 48.5 Å². The Bertz CT molecular complexity index is 1100.